The first-order valence-corrected chi connectivity index (χ1v) is 10.7. The summed E-state index contributed by atoms with van der Waals surface area (Å²) >= 11 is 0. The van der Waals surface area contributed by atoms with E-state index in [-0.39, 0.29) is 18.8 Å². The summed E-state index contributed by atoms with van der Waals surface area (Å²) in [5, 5.41) is 25.0. The molecule has 1 aromatic rings. The average Bonchev–Trinajstić information content (AvgIpc) is 2.78. The van der Waals surface area contributed by atoms with Crippen molar-refractivity contribution in [1.82, 2.24) is 16.0 Å². The SMILES string of the molecule is CCC(C)C(N)C(=O)NC(CCC(=O)O)C(=O)NC(Cc1ccccc1)C(=O)NCC(=O)O. The highest BCUT2D eigenvalue weighted by atomic mass is 16.4. The van der Waals surface area contributed by atoms with E-state index in [1.54, 1.807) is 37.3 Å². The summed E-state index contributed by atoms with van der Waals surface area (Å²) < 4.78 is 0. The van der Waals surface area contributed by atoms with Gasteiger partial charge in [0.15, 0.2) is 0 Å². The highest BCUT2D eigenvalue weighted by molar-refractivity contribution is 5.94. The number of hydrogen-bond donors (Lipinski definition) is 6. The molecule has 3 amide bonds. The summed E-state index contributed by atoms with van der Waals surface area (Å²) in [7, 11) is 0. The number of benzene rings is 1. The molecule has 0 aliphatic heterocycles. The first-order chi connectivity index (χ1) is 15.5. The molecule has 33 heavy (non-hydrogen) atoms. The van der Waals surface area contributed by atoms with Crippen LogP contribution in [0.4, 0.5) is 0 Å². The van der Waals surface area contributed by atoms with Gasteiger partial charge in [0.1, 0.15) is 18.6 Å². The van der Waals surface area contributed by atoms with Gasteiger partial charge in [0.05, 0.1) is 6.04 Å². The summed E-state index contributed by atoms with van der Waals surface area (Å²) in [6.07, 6.45) is 0.0773. The number of carbonyl (C=O) groups excluding carboxylic acids is 3. The molecule has 0 aromatic heterocycles. The summed E-state index contributed by atoms with van der Waals surface area (Å²) in [5.41, 5.74) is 6.62. The summed E-state index contributed by atoms with van der Waals surface area (Å²) in [4.78, 5) is 59.8. The van der Waals surface area contributed by atoms with E-state index in [1.165, 1.54) is 0 Å². The number of aliphatic carboxylic acids is 2. The fourth-order valence-corrected chi connectivity index (χ4v) is 2.93. The molecule has 0 aliphatic rings. The highest BCUT2D eigenvalue weighted by Gasteiger charge is 2.30. The van der Waals surface area contributed by atoms with E-state index in [4.69, 9.17) is 15.9 Å². The number of carboxylic acids is 2. The number of rotatable bonds is 14. The maximum absolute atomic E-state index is 12.9. The smallest absolute Gasteiger partial charge is 0.322 e. The minimum atomic E-state index is -1.25. The van der Waals surface area contributed by atoms with Crippen LogP contribution in [-0.4, -0.2) is 64.5 Å². The van der Waals surface area contributed by atoms with Crippen LogP contribution in [0.25, 0.3) is 0 Å². The van der Waals surface area contributed by atoms with Gasteiger partial charge in [-0.15, -0.1) is 0 Å². The molecule has 0 saturated heterocycles. The third-order valence-corrected chi connectivity index (χ3v) is 5.17. The number of nitrogens with one attached hydrogen (secondary N) is 3. The van der Waals surface area contributed by atoms with E-state index in [9.17, 15) is 24.0 Å². The second-order valence-electron chi connectivity index (χ2n) is 7.77. The van der Waals surface area contributed by atoms with Gasteiger partial charge in [-0.1, -0.05) is 50.6 Å². The predicted molar refractivity (Wildman–Crippen MR) is 119 cm³/mol. The van der Waals surface area contributed by atoms with Crippen LogP contribution in [0.3, 0.4) is 0 Å². The van der Waals surface area contributed by atoms with Crippen molar-refractivity contribution in [3.63, 3.8) is 0 Å². The molecule has 0 bridgehead atoms. The van der Waals surface area contributed by atoms with Crippen LogP contribution in [0.2, 0.25) is 0 Å². The molecule has 0 aliphatic carbocycles. The molecule has 182 valence electrons. The van der Waals surface area contributed by atoms with Crippen LogP contribution < -0.4 is 21.7 Å². The largest absolute Gasteiger partial charge is 0.481 e. The zero-order valence-corrected chi connectivity index (χ0v) is 18.7. The number of amides is 3. The maximum atomic E-state index is 12.9. The molecule has 4 atom stereocenters. The normalized spacial score (nSPS) is 14.3. The molecular formula is C22H32N4O7. The van der Waals surface area contributed by atoms with E-state index >= 15 is 0 Å². The highest BCUT2D eigenvalue weighted by Crippen LogP contribution is 2.08. The Morgan fingerprint density at radius 2 is 1.52 bits per heavy atom. The van der Waals surface area contributed by atoms with Crippen molar-refractivity contribution >= 4 is 29.7 Å². The van der Waals surface area contributed by atoms with Gasteiger partial charge in [0.2, 0.25) is 17.7 Å². The number of hydrogen-bond acceptors (Lipinski definition) is 6. The van der Waals surface area contributed by atoms with Crippen molar-refractivity contribution in [2.75, 3.05) is 6.54 Å². The van der Waals surface area contributed by atoms with Crippen molar-refractivity contribution in [3.05, 3.63) is 35.9 Å². The first-order valence-electron chi connectivity index (χ1n) is 10.7. The zero-order valence-electron chi connectivity index (χ0n) is 18.7. The van der Waals surface area contributed by atoms with Gasteiger partial charge in [0, 0.05) is 12.8 Å². The molecule has 0 fully saturated rings. The van der Waals surface area contributed by atoms with Crippen molar-refractivity contribution < 1.29 is 34.2 Å². The Morgan fingerprint density at radius 3 is 2.06 bits per heavy atom. The molecule has 7 N–H and O–H groups in total. The summed E-state index contributed by atoms with van der Waals surface area (Å²) in [6, 6.07) is 5.46. The number of carbonyl (C=O) groups is 5. The molecule has 0 saturated carbocycles. The van der Waals surface area contributed by atoms with Gasteiger partial charge in [-0.2, -0.15) is 0 Å². The van der Waals surface area contributed by atoms with Crippen molar-refractivity contribution in [3.8, 4) is 0 Å². The molecule has 11 nitrogen and oxygen atoms in total. The molecule has 1 rings (SSSR count). The second-order valence-corrected chi connectivity index (χ2v) is 7.77. The van der Waals surface area contributed by atoms with Gasteiger partial charge in [-0.25, -0.2) is 0 Å². The Balaban J connectivity index is 3.02. The third-order valence-electron chi connectivity index (χ3n) is 5.17. The average molecular weight is 465 g/mol. The minimum absolute atomic E-state index is 0.0595. The van der Waals surface area contributed by atoms with Gasteiger partial charge in [0.25, 0.3) is 0 Å². The minimum Gasteiger partial charge on any atom is -0.481 e. The molecule has 11 heteroatoms. The van der Waals surface area contributed by atoms with Gasteiger partial charge in [-0.3, -0.25) is 24.0 Å². The standard InChI is InChI=1S/C22H32N4O7/c1-3-13(2)19(23)22(33)25-15(9-10-17(27)28)21(32)26-16(20(31)24-12-18(29)30)11-14-7-5-4-6-8-14/h4-8,13,15-16,19H,3,9-12,23H2,1-2H3,(H,24,31)(H,25,33)(H,26,32)(H,27,28)(H,29,30). The maximum Gasteiger partial charge on any atom is 0.322 e. The topological polar surface area (TPSA) is 188 Å². The molecule has 1 aromatic carbocycles. The monoisotopic (exact) mass is 464 g/mol. The van der Waals surface area contributed by atoms with Crippen LogP contribution >= 0.6 is 0 Å². The lowest BCUT2D eigenvalue weighted by atomic mass is 9.98. The van der Waals surface area contributed by atoms with Crippen LogP contribution in [-0.2, 0) is 30.4 Å². The summed E-state index contributed by atoms with van der Waals surface area (Å²) in [6.45, 7) is 3.00. The molecule has 0 heterocycles. The number of nitrogens with two attached hydrogens (primary N) is 1. The number of carboxylic acid groups (broad SMARTS) is 2. The Bertz CT molecular complexity index is 831. The van der Waals surface area contributed by atoms with E-state index in [0.29, 0.717) is 12.0 Å². The molecular weight excluding hydrogens is 432 g/mol. The predicted octanol–water partition coefficient (Wildman–Crippen LogP) is -0.362. The van der Waals surface area contributed by atoms with Gasteiger partial charge < -0.3 is 31.9 Å². The van der Waals surface area contributed by atoms with Gasteiger partial charge >= 0.3 is 11.9 Å². The Labute approximate surface area is 192 Å². The molecule has 4 unspecified atom stereocenters. The van der Waals surface area contributed by atoms with Crippen LogP contribution in [0.5, 0.6) is 0 Å². The third kappa shape index (κ3) is 10.1. The molecule has 0 spiro atoms. The Kier molecular flexibility index (Phi) is 11.6. The first kappa shape index (κ1) is 27.6. The van der Waals surface area contributed by atoms with E-state index < -0.39 is 60.8 Å². The van der Waals surface area contributed by atoms with Gasteiger partial charge in [-0.05, 0) is 17.9 Å². The second kappa shape index (κ2) is 13.8. The quantitative estimate of drug-likeness (QED) is 0.215. The van der Waals surface area contributed by atoms with E-state index in [1.807, 2.05) is 6.92 Å². The van der Waals surface area contributed by atoms with Crippen molar-refractivity contribution in [1.29, 1.82) is 0 Å². The lowest BCUT2D eigenvalue weighted by molar-refractivity contribution is -0.138. The van der Waals surface area contributed by atoms with Crippen molar-refractivity contribution in [2.45, 2.75) is 57.7 Å². The Morgan fingerprint density at radius 1 is 0.909 bits per heavy atom. The van der Waals surface area contributed by atoms with Crippen LogP contribution in [0.15, 0.2) is 30.3 Å². The van der Waals surface area contributed by atoms with Crippen LogP contribution in [0, 0.1) is 5.92 Å². The Hall–Kier alpha value is -3.47. The fraction of sp³-hybridized carbons (Fsp3) is 0.500. The van der Waals surface area contributed by atoms with Crippen LogP contribution in [0.1, 0.15) is 38.7 Å². The summed E-state index contributed by atoms with van der Waals surface area (Å²) in [5.74, 6) is -4.68. The fourth-order valence-electron chi connectivity index (χ4n) is 2.93. The lowest BCUT2D eigenvalue weighted by Crippen LogP contribution is -2.57. The van der Waals surface area contributed by atoms with Crippen molar-refractivity contribution in [2.24, 2.45) is 11.7 Å². The van der Waals surface area contributed by atoms with E-state index in [0.717, 1.165) is 0 Å². The molecule has 0 radical (unpaired) electrons. The van der Waals surface area contributed by atoms with E-state index in [2.05, 4.69) is 16.0 Å². The lowest BCUT2D eigenvalue weighted by Gasteiger charge is -2.25. The zero-order chi connectivity index (χ0) is 25.0.